The smallest absolute Gasteiger partial charge is 0.259 e. The van der Waals surface area contributed by atoms with Gasteiger partial charge in [-0.3, -0.25) is 0 Å². The number of sulfonamides is 1. The number of hydrogen-bond acceptors (Lipinski definition) is 4. The zero-order valence-electron chi connectivity index (χ0n) is 12.0. The maximum Gasteiger partial charge on any atom is 0.259 e. The van der Waals surface area contributed by atoms with E-state index < -0.39 is 10.0 Å². The van der Waals surface area contributed by atoms with Crippen molar-refractivity contribution in [1.82, 2.24) is 14.3 Å². The van der Waals surface area contributed by atoms with E-state index in [4.69, 9.17) is 0 Å². The van der Waals surface area contributed by atoms with E-state index in [1.807, 2.05) is 24.3 Å². The minimum absolute atomic E-state index is 0.0707. The van der Waals surface area contributed by atoms with Gasteiger partial charge in [0, 0.05) is 31.5 Å². The van der Waals surface area contributed by atoms with Crippen LogP contribution in [-0.4, -0.2) is 30.6 Å². The first kappa shape index (κ1) is 14.1. The third-order valence-corrected chi connectivity index (χ3v) is 5.10. The first-order valence-electron chi connectivity index (χ1n) is 6.80. The van der Waals surface area contributed by atoms with Gasteiger partial charge in [-0.1, -0.05) is 18.2 Å². The van der Waals surface area contributed by atoms with Crippen molar-refractivity contribution >= 4 is 15.7 Å². The van der Waals surface area contributed by atoms with E-state index in [2.05, 4.69) is 15.0 Å². The molecule has 0 bridgehead atoms. The molecule has 1 aliphatic rings. The van der Waals surface area contributed by atoms with Crippen LogP contribution in [0.1, 0.15) is 11.4 Å². The highest BCUT2D eigenvalue weighted by molar-refractivity contribution is 7.89. The van der Waals surface area contributed by atoms with Crippen LogP contribution in [0.4, 0.5) is 5.69 Å². The number of para-hydroxylation sites is 1. The number of rotatable bonds is 3. The fraction of sp³-hybridized carbons (Fsp3) is 0.357. The molecule has 0 fully saturated rings. The van der Waals surface area contributed by atoms with Crippen LogP contribution in [0, 0.1) is 6.92 Å². The third-order valence-electron chi connectivity index (χ3n) is 3.71. The fourth-order valence-corrected chi connectivity index (χ4v) is 3.74. The Balaban J connectivity index is 1.78. The minimum Gasteiger partial charge on any atom is -0.383 e. The van der Waals surface area contributed by atoms with Crippen LogP contribution in [0.15, 0.2) is 35.5 Å². The Bertz CT molecular complexity index is 748. The second-order valence-corrected chi connectivity index (χ2v) is 6.96. The predicted octanol–water partition coefficient (Wildman–Crippen LogP) is 1.04. The Kier molecular flexibility index (Phi) is 3.46. The Morgan fingerprint density at radius 2 is 2.14 bits per heavy atom. The first-order valence-corrected chi connectivity index (χ1v) is 8.28. The largest absolute Gasteiger partial charge is 0.383 e. The fourth-order valence-electron chi connectivity index (χ4n) is 2.46. The zero-order valence-corrected chi connectivity index (χ0v) is 12.8. The van der Waals surface area contributed by atoms with E-state index in [0.29, 0.717) is 18.8 Å². The van der Waals surface area contributed by atoms with Crippen LogP contribution in [0.25, 0.3) is 0 Å². The molecule has 0 aliphatic carbocycles. The topological polar surface area (TPSA) is 76.0 Å². The number of benzene rings is 1. The average molecular weight is 306 g/mol. The molecule has 3 rings (SSSR count). The van der Waals surface area contributed by atoms with Gasteiger partial charge in [0.15, 0.2) is 5.03 Å². The second-order valence-electron chi connectivity index (χ2n) is 5.30. The highest BCUT2D eigenvalue weighted by atomic mass is 32.2. The van der Waals surface area contributed by atoms with Crippen LogP contribution in [0.5, 0.6) is 0 Å². The highest BCUT2D eigenvalue weighted by Crippen LogP contribution is 2.22. The van der Waals surface area contributed by atoms with Crippen molar-refractivity contribution in [2.75, 3.05) is 11.9 Å². The Hall–Kier alpha value is -1.86. The minimum atomic E-state index is -3.59. The van der Waals surface area contributed by atoms with Crippen molar-refractivity contribution in [3.8, 4) is 0 Å². The van der Waals surface area contributed by atoms with E-state index in [1.165, 1.54) is 6.20 Å². The molecule has 2 aromatic rings. The van der Waals surface area contributed by atoms with Crippen LogP contribution < -0.4 is 10.0 Å². The molecule has 0 amide bonds. The summed E-state index contributed by atoms with van der Waals surface area (Å²) < 4.78 is 29.2. The van der Waals surface area contributed by atoms with E-state index >= 15 is 0 Å². The molecular weight excluding hydrogens is 288 g/mol. The summed E-state index contributed by atoms with van der Waals surface area (Å²) in [6.45, 7) is 2.35. The van der Waals surface area contributed by atoms with Gasteiger partial charge in [-0.25, -0.2) is 18.1 Å². The van der Waals surface area contributed by atoms with Gasteiger partial charge in [0.05, 0.1) is 0 Å². The summed E-state index contributed by atoms with van der Waals surface area (Å²) in [6, 6.07) is 7.76. The predicted molar refractivity (Wildman–Crippen MR) is 80.7 cm³/mol. The third kappa shape index (κ3) is 2.79. The lowest BCUT2D eigenvalue weighted by Crippen LogP contribution is -2.43. The van der Waals surface area contributed by atoms with Crippen molar-refractivity contribution < 1.29 is 8.42 Å². The molecule has 0 radical (unpaired) electrons. The zero-order chi connectivity index (χ0) is 15.0. The van der Waals surface area contributed by atoms with Crippen LogP contribution in [0.3, 0.4) is 0 Å². The number of nitrogens with zero attached hydrogens (tertiary/aromatic N) is 2. The quantitative estimate of drug-likeness (QED) is 0.888. The van der Waals surface area contributed by atoms with Gasteiger partial charge in [-0.2, -0.15) is 0 Å². The lowest BCUT2D eigenvalue weighted by atomic mass is 10.0. The number of anilines is 1. The first-order chi connectivity index (χ1) is 9.95. The lowest BCUT2D eigenvalue weighted by molar-refractivity contribution is 0.546. The maximum atomic E-state index is 12.4. The lowest BCUT2D eigenvalue weighted by Gasteiger charge is -2.26. The number of aromatic nitrogens is 2. The summed E-state index contributed by atoms with van der Waals surface area (Å²) >= 11 is 0. The van der Waals surface area contributed by atoms with Crippen LogP contribution >= 0.6 is 0 Å². The molecule has 2 N–H and O–H groups in total. The molecule has 1 aliphatic heterocycles. The monoisotopic (exact) mass is 306 g/mol. The van der Waals surface area contributed by atoms with Crippen molar-refractivity contribution in [3.63, 3.8) is 0 Å². The second kappa shape index (κ2) is 5.16. The van der Waals surface area contributed by atoms with E-state index in [1.54, 1.807) is 18.5 Å². The molecule has 21 heavy (non-hydrogen) atoms. The molecule has 112 valence electrons. The molecule has 0 spiro atoms. The Labute approximate surface area is 124 Å². The van der Waals surface area contributed by atoms with Gasteiger partial charge < -0.3 is 9.88 Å². The van der Waals surface area contributed by atoms with Crippen molar-refractivity contribution in [3.05, 3.63) is 41.9 Å². The highest BCUT2D eigenvalue weighted by Gasteiger charge is 2.25. The molecule has 1 atom stereocenters. The molecule has 1 aromatic heterocycles. The normalized spacial score (nSPS) is 18.1. The number of fused-ring (bicyclic) bond motifs is 1. The van der Waals surface area contributed by atoms with E-state index in [-0.39, 0.29) is 11.1 Å². The summed E-state index contributed by atoms with van der Waals surface area (Å²) in [7, 11) is -1.81. The number of aryl methyl sites for hydroxylation is 2. The molecular formula is C14H18N4O2S. The van der Waals surface area contributed by atoms with Crippen molar-refractivity contribution in [1.29, 1.82) is 0 Å². The molecule has 6 nitrogen and oxygen atoms in total. The van der Waals surface area contributed by atoms with Gasteiger partial charge >= 0.3 is 0 Å². The van der Waals surface area contributed by atoms with Gasteiger partial charge in [-0.15, -0.1) is 0 Å². The van der Waals surface area contributed by atoms with Gasteiger partial charge in [0.2, 0.25) is 0 Å². The van der Waals surface area contributed by atoms with Gasteiger partial charge in [-0.05, 0) is 25.0 Å². The van der Waals surface area contributed by atoms with Gasteiger partial charge in [0.1, 0.15) is 5.82 Å². The molecule has 1 aromatic carbocycles. The van der Waals surface area contributed by atoms with Crippen LogP contribution in [0.2, 0.25) is 0 Å². The summed E-state index contributed by atoms with van der Waals surface area (Å²) in [5.41, 5.74) is 2.19. The molecule has 7 heteroatoms. The average Bonchev–Trinajstić information content (AvgIpc) is 2.79. The summed E-state index contributed by atoms with van der Waals surface area (Å²) in [6.07, 6.45) is 2.20. The molecule has 2 heterocycles. The Morgan fingerprint density at radius 1 is 1.38 bits per heavy atom. The number of hydrogen-bond donors (Lipinski definition) is 2. The number of nitrogens with one attached hydrogen (secondary N) is 2. The molecule has 0 saturated carbocycles. The molecule has 1 unspecified atom stereocenters. The summed E-state index contributed by atoms with van der Waals surface area (Å²) in [5.74, 6) is 0.669. The summed E-state index contributed by atoms with van der Waals surface area (Å²) in [4.78, 5) is 4.08. The molecule has 0 saturated heterocycles. The summed E-state index contributed by atoms with van der Waals surface area (Å²) in [5, 5.41) is 3.32. The number of imidazole rings is 1. The SMILES string of the molecule is Cc1nc(S(=O)(=O)NC2CNc3ccccc3C2)cn1C. The van der Waals surface area contributed by atoms with E-state index in [9.17, 15) is 8.42 Å². The van der Waals surface area contributed by atoms with Crippen molar-refractivity contribution in [2.45, 2.75) is 24.4 Å². The van der Waals surface area contributed by atoms with Crippen LogP contribution in [-0.2, 0) is 23.5 Å². The standard InChI is InChI=1S/C14H18N4O2S/c1-10-16-14(9-18(10)2)21(19,20)17-12-7-11-5-3-4-6-13(11)15-8-12/h3-6,9,12,15,17H,7-8H2,1-2H3. The van der Waals surface area contributed by atoms with E-state index in [0.717, 1.165) is 11.3 Å². The Morgan fingerprint density at radius 3 is 2.86 bits per heavy atom. The van der Waals surface area contributed by atoms with Gasteiger partial charge in [0.25, 0.3) is 10.0 Å². The van der Waals surface area contributed by atoms with Crippen molar-refractivity contribution in [2.24, 2.45) is 7.05 Å². The maximum absolute atomic E-state index is 12.4.